The smallest absolute Gasteiger partial charge is 0.263 e. The molecule has 2 atom stereocenters. The number of carbonyl (C=O) groups excluding carboxylic acids is 3. The van der Waals surface area contributed by atoms with Crippen LogP contribution in [0.15, 0.2) is 53.9 Å². The van der Waals surface area contributed by atoms with Crippen molar-refractivity contribution in [3.05, 3.63) is 70.0 Å². The Bertz CT molecular complexity index is 1440. The molecule has 40 heavy (non-hydrogen) atoms. The molecule has 6 rings (SSSR count). The van der Waals surface area contributed by atoms with E-state index in [9.17, 15) is 14.4 Å². The van der Waals surface area contributed by atoms with Gasteiger partial charge in [-0.15, -0.1) is 11.3 Å². The lowest BCUT2D eigenvalue weighted by Crippen LogP contribution is -2.48. The molecule has 2 aromatic carbocycles. The molecule has 2 fully saturated rings. The Hall–Kier alpha value is -3.56. The van der Waals surface area contributed by atoms with Gasteiger partial charge in [0.1, 0.15) is 5.01 Å². The van der Waals surface area contributed by atoms with Gasteiger partial charge in [0, 0.05) is 36.7 Å². The maximum absolute atomic E-state index is 13.7. The summed E-state index contributed by atoms with van der Waals surface area (Å²) in [4.78, 5) is 48.6. The van der Waals surface area contributed by atoms with E-state index >= 15 is 0 Å². The normalized spacial score (nSPS) is 22.4. The highest BCUT2D eigenvalue weighted by molar-refractivity contribution is 7.09. The Balaban J connectivity index is 1.14. The van der Waals surface area contributed by atoms with Gasteiger partial charge in [0.05, 0.1) is 40.6 Å². The van der Waals surface area contributed by atoms with Gasteiger partial charge in [-0.2, -0.15) is 0 Å². The lowest BCUT2D eigenvalue weighted by Gasteiger charge is -2.39. The largest absolute Gasteiger partial charge is 0.375 e. The fraction of sp³-hybridized carbons (Fsp3) is 0.419. The molecule has 1 aromatic heterocycles. The number of ether oxygens (including phenoxy) is 1. The molecule has 0 bridgehead atoms. The van der Waals surface area contributed by atoms with Crippen LogP contribution in [0.3, 0.4) is 0 Å². The molecule has 1 N–H and O–H groups in total. The van der Waals surface area contributed by atoms with Crippen LogP contribution in [0.2, 0.25) is 0 Å². The minimum absolute atomic E-state index is 0.0118. The number of thiazole rings is 1. The summed E-state index contributed by atoms with van der Waals surface area (Å²) in [5.74, 6) is -0.683. The first-order valence-corrected chi connectivity index (χ1v) is 14.9. The number of hydrogen-bond acceptors (Lipinski definition) is 7. The number of benzene rings is 2. The Morgan fingerprint density at radius 2 is 1.93 bits per heavy atom. The number of nitrogens with one attached hydrogen (secondary N) is 1. The number of fused-ring (bicyclic) bond motifs is 1. The van der Waals surface area contributed by atoms with Crippen LogP contribution in [-0.2, 0) is 16.1 Å². The second kappa shape index (κ2) is 10.8. The molecule has 208 valence electrons. The van der Waals surface area contributed by atoms with Gasteiger partial charge < -0.3 is 15.0 Å². The molecule has 0 saturated carbocycles. The van der Waals surface area contributed by atoms with E-state index < -0.39 is 0 Å². The zero-order valence-electron chi connectivity index (χ0n) is 22.9. The third kappa shape index (κ3) is 5.15. The molecule has 0 aliphatic carbocycles. The average molecular weight is 559 g/mol. The number of amides is 3. The topological polar surface area (TPSA) is 91.8 Å². The van der Waals surface area contributed by atoms with Crippen molar-refractivity contribution in [3.8, 4) is 11.3 Å². The summed E-state index contributed by atoms with van der Waals surface area (Å²) < 4.78 is 5.83. The number of anilines is 1. The number of imide groups is 1. The number of hydrogen-bond donors (Lipinski definition) is 1. The van der Waals surface area contributed by atoms with Crippen LogP contribution in [0.1, 0.15) is 65.3 Å². The highest BCUT2D eigenvalue weighted by Crippen LogP contribution is 2.38. The third-order valence-corrected chi connectivity index (χ3v) is 8.98. The summed E-state index contributed by atoms with van der Waals surface area (Å²) in [6.07, 6.45) is 2.87. The van der Waals surface area contributed by atoms with E-state index in [0.29, 0.717) is 43.7 Å². The highest BCUT2D eigenvalue weighted by atomic mass is 32.1. The van der Waals surface area contributed by atoms with Crippen LogP contribution in [0.5, 0.6) is 0 Å². The van der Waals surface area contributed by atoms with Crippen LogP contribution in [0.25, 0.3) is 11.3 Å². The molecule has 3 aromatic rings. The number of nitrogens with zero attached hydrogens (tertiary/aromatic N) is 3. The third-order valence-electron chi connectivity index (χ3n) is 8.13. The van der Waals surface area contributed by atoms with Crippen molar-refractivity contribution < 1.29 is 19.1 Å². The fourth-order valence-electron chi connectivity index (χ4n) is 6.15. The van der Waals surface area contributed by atoms with Gasteiger partial charge in [0.15, 0.2) is 0 Å². The van der Waals surface area contributed by atoms with Crippen LogP contribution in [0.4, 0.5) is 5.69 Å². The van der Waals surface area contributed by atoms with Gasteiger partial charge in [-0.05, 0) is 51.7 Å². The molecule has 0 radical (unpaired) electrons. The Morgan fingerprint density at radius 3 is 2.73 bits per heavy atom. The summed E-state index contributed by atoms with van der Waals surface area (Å²) in [6, 6.07) is 15.3. The monoisotopic (exact) mass is 558 g/mol. The Morgan fingerprint density at radius 1 is 1.10 bits per heavy atom. The summed E-state index contributed by atoms with van der Waals surface area (Å²) in [7, 11) is 0. The van der Waals surface area contributed by atoms with Crippen LogP contribution in [0, 0.1) is 5.92 Å². The van der Waals surface area contributed by atoms with E-state index in [1.54, 1.807) is 6.07 Å². The molecule has 3 aliphatic heterocycles. The van der Waals surface area contributed by atoms with E-state index in [-0.39, 0.29) is 35.3 Å². The summed E-state index contributed by atoms with van der Waals surface area (Å²) in [6.45, 7) is 6.14. The van der Waals surface area contributed by atoms with E-state index in [1.165, 1.54) is 16.2 Å². The molecule has 4 heterocycles. The molecular formula is C31H34N4O4S. The molecule has 0 spiro atoms. The Labute approximate surface area is 238 Å². The first kappa shape index (κ1) is 26.7. The standard InChI is InChI=1S/C31H34N4O4S/c1-31(2)16-22(13-15-39-31)35-29(37)23-11-6-12-25(27(23)30(35)38)34-14-7-10-21(18-34)28(36)32-17-26-33-24(19-40-26)20-8-4-3-5-9-20/h3-6,8-9,11-12,19,21-22H,7,10,13-18H2,1-2H3,(H,32,36)/t21-,22-/m1/s1. The summed E-state index contributed by atoms with van der Waals surface area (Å²) in [5, 5.41) is 5.95. The number of piperidine rings is 1. The Kier molecular flexibility index (Phi) is 7.18. The number of aromatic nitrogens is 1. The molecular weight excluding hydrogens is 524 g/mol. The van der Waals surface area contributed by atoms with Gasteiger partial charge in [-0.3, -0.25) is 19.3 Å². The van der Waals surface area contributed by atoms with Gasteiger partial charge in [-0.1, -0.05) is 36.4 Å². The number of carbonyl (C=O) groups is 3. The van der Waals surface area contributed by atoms with Crippen LogP contribution >= 0.6 is 11.3 Å². The zero-order chi connectivity index (χ0) is 27.9. The van der Waals surface area contributed by atoms with Crippen LogP contribution < -0.4 is 10.2 Å². The summed E-state index contributed by atoms with van der Waals surface area (Å²) >= 11 is 1.54. The molecule has 3 amide bonds. The predicted octanol–water partition coefficient (Wildman–Crippen LogP) is 4.90. The molecule has 0 unspecified atom stereocenters. The lowest BCUT2D eigenvalue weighted by atomic mass is 9.93. The van der Waals surface area contributed by atoms with E-state index in [1.807, 2.05) is 61.7 Å². The van der Waals surface area contributed by atoms with E-state index in [2.05, 4.69) is 15.2 Å². The molecule has 2 saturated heterocycles. The summed E-state index contributed by atoms with van der Waals surface area (Å²) in [5.41, 5.74) is 3.26. The lowest BCUT2D eigenvalue weighted by molar-refractivity contribution is -0.125. The first-order chi connectivity index (χ1) is 19.3. The van der Waals surface area contributed by atoms with Crippen LogP contribution in [-0.4, -0.2) is 58.9 Å². The molecule has 3 aliphatic rings. The first-order valence-electron chi connectivity index (χ1n) is 14.0. The minimum Gasteiger partial charge on any atom is -0.375 e. The predicted molar refractivity (Wildman–Crippen MR) is 154 cm³/mol. The maximum Gasteiger partial charge on any atom is 0.263 e. The SMILES string of the molecule is CC1(C)C[C@H](N2C(=O)c3cccc(N4CCC[C@@H](C(=O)NCc5nc(-c6ccccc6)cs5)C4)c3C2=O)CCO1. The van der Waals surface area contributed by atoms with Gasteiger partial charge in [0.2, 0.25) is 5.91 Å². The van der Waals surface area contributed by atoms with Crippen molar-refractivity contribution >= 4 is 34.7 Å². The molecule has 8 nitrogen and oxygen atoms in total. The quantitative estimate of drug-likeness (QED) is 0.433. The van der Waals surface area contributed by atoms with Crippen molar-refractivity contribution in [1.29, 1.82) is 0 Å². The average Bonchev–Trinajstić information content (AvgIpc) is 3.54. The number of rotatable bonds is 6. The highest BCUT2D eigenvalue weighted by Gasteiger charge is 2.45. The zero-order valence-corrected chi connectivity index (χ0v) is 23.7. The van der Waals surface area contributed by atoms with Crippen molar-refractivity contribution in [3.63, 3.8) is 0 Å². The fourth-order valence-corrected chi connectivity index (χ4v) is 6.89. The van der Waals surface area contributed by atoms with Crippen molar-refractivity contribution in [2.24, 2.45) is 5.92 Å². The second-order valence-electron chi connectivity index (χ2n) is 11.4. The van der Waals surface area contributed by atoms with Crippen molar-refractivity contribution in [1.82, 2.24) is 15.2 Å². The van der Waals surface area contributed by atoms with Gasteiger partial charge in [0.25, 0.3) is 11.8 Å². The minimum atomic E-state index is -0.379. The molecule has 9 heteroatoms. The maximum atomic E-state index is 13.7. The second-order valence-corrected chi connectivity index (χ2v) is 12.4. The van der Waals surface area contributed by atoms with Gasteiger partial charge >= 0.3 is 0 Å². The van der Waals surface area contributed by atoms with E-state index in [0.717, 1.165) is 41.3 Å². The van der Waals surface area contributed by atoms with E-state index in [4.69, 9.17) is 4.74 Å². The van der Waals surface area contributed by atoms with Crippen molar-refractivity contribution in [2.45, 2.75) is 57.7 Å². The van der Waals surface area contributed by atoms with Gasteiger partial charge in [-0.25, -0.2) is 4.98 Å². The van der Waals surface area contributed by atoms with Crippen molar-refractivity contribution in [2.75, 3.05) is 24.6 Å².